The fraction of sp³-hybridized carbons (Fsp3) is 0.120. The zero-order valence-electron chi connectivity index (χ0n) is 17.3. The number of pyridine rings is 3. The maximum absolute atomic E-state index is 14.5. The summed E-state index contributed by atoms with van der Waals surface area (Å²) in [6.45, 7) is 2.95. The van der Waals surface area contributed by atoms with Crippen molar-refractivity contribution in [3.05, 3.63) is 85.1 Å². The highest BCUT2D eigenvalue weighted by molar-refractivity contribution is 5.95. The summed E-state index contributed by atoms with van der Waals surface area (Å²) in [5, 5.41) is 5.20. The van der Waals surface area contributed by atoms with Gasteiger partial charge in [0.2, 0.25) is 0 Å². The van der Waals surface area contributed by atoms with Crippen molar-refractivity contribution in [1.82, 2.24) is 24.7 Å². The van der Waals surface area contributed by atoms with Crippen LogP contribution in [0, 0.1) is 11.6 Å². The summed E-state index contributed by atoms with van der Waals surface area (Å²) in [7, 11) is 0. The number of hydrogen-bond acceptors (Lipinski definition) is 4. The zero-order valence-corrected chi connectivity index (χ0v) is 17.3. The number of nitrogens with zero attached hydrogens (tertiary/aromatic N) is 5. The zero-order chi connectivity index (χ0) is 22.1. The second kappa shape index (κ2) is 8.26. The first kappa shape index (κ1) is 19.9. The van der Waals surface area contributed by atoms with Gasteiger partial charge < -0.3 is 0 Å². The highest BCUT2D eigenvalue weighted by Crippen LogP contribution is 2.33. The molecule has 0 fully saturated rings. The van der Waals surface area contributed by atoms with E-state index in [1.165, 1.54) is 0 Å². The van der Waals surface area contributed by atoms with Gasteiger partial charge in [-0.25, -0.2) is 18.7 Å². The maximum Gasteiger partial charge on any atom is 0.160 e. The minimum Gasteiger partial charge on any atom is -0.272 e. The fourth-order valence-electron chi connectivity index (χ4n) is 3.74. The Morgan fingerprint density at radius 1 is 0.906 bits per heavy atom. The first-order chi connectivity index (χ1) is 15.6. The summed E-state index contributed by atoms with van der Waals surface area (Å²) in [5.74, 6) is -1.08. The van der Waals surface area contributed by atoms with Gasteiger partial charge in [-0.15, -0.1) is 0 Å². The predicted molar refractivity (Wildman–Crippen MR) is 120 cm³/mol. The quantitative estimate of drug-likeness (QED) is 0.350. The molecule has 0 aliphatic heterocycles. The summed E-state index contributed by atoms with van der Waals surface area (Å²) in [4.78, 5) is 13.3. The molecule has 32 heavy (non-hydrogen) atoms. The minimum atomic E-state index is -0.546. The van der Waals surface area contributed by atoms with Crippen LogP contribution < -0.4 is 0 Å². The summed E-state index contributed by atoms with van der Waals surface area (Å²) in [6.07, 6.45) is 9.95. The Morgan fingerprint density at radius 2 is 1.78 bits per heavy atom. The molecule has 0 saturated heterocycles. The van der Waals surface area contributed by atoms with Crippen molar-refractivity contribution in [1.29, 1.82) is 0 Å². The van der Waals surface area contributed by atoms with E-state index < -0.39 is 11.6 Å². The Labute approximate surface area is 183 Å². The molecule has 0 N–H and O–H groups in total. The number of hydrogen-bond donors (Lipinski definition) is 0. The molecule has 0 radical (unpaired) electrons. The third kappa shape index (κ3) is 3.73. The Morgan fingerprint density at radius 3 is 2.66 bits per heavy atom. The number of halogens is 2. The molecule has 5 aromatic rings. The third-order valence-corrected chi connectivity index (χ3v) is 5.26. The monoisotopic (exact) mass is 427 g/mol. The van der Waals surface area contributed by atoms with Gasteiger partial charge in [-0.2, -0.15) is 5.10 Å². The van der Waals surface area contributed by atoms with E-state index in [9.17, 15) is 8.78 Å². The van der Waals surface area contributed by atoms with Crippen LogP contribution in [0.5, 0.6) is 0 Å². The van der Waals surface area contributed by atoms with Gasteiger partial charge in [0, 0.05) is 59.0 Å². The van der Waals surface area contributed by atoms with E-state index in [0.717, 1.165) is 58.8 Å². The number of aromatic nitrogens is 5. The summed E-state index contributed by atoms with van der Waals surface area (Å²) >= 11 is 0. The standard InChI is InChI=1S/C25H19F2N5/c1-2-8-32-15-18(14-30-32)16-9-17(13-28-12-16)21-11-24(22-10-19(26)5-6-23(22)27)31-25-20(21)4-3-7-29-25/h3-7,9-15H,2,8H2,1H3. The first-order valence-electron chi connectivity index (χ1n) is 10.3. The molecule has 4 aromatic heterocycles. The molecule has 5 rings (SSSR count). The molecular weight excluding hydrogens is 408 g/mol. The molecule has 158 valence electrons. The fourth-order valence-corrected chi connectivity index (χ4v) is 3.74. The van der Waals surface area contributed by atoms with Crippen LogP contribution in [0.1, 0.15) is 13.3 Å². The molecule has 0 bridgehead atoms. The van der Waals surface area contributed by atoms with Crippen molar-refractivity contribution in [3.63, 3.8) is 0 Å². The number of aryl methyl sites for hydroxylation is 1. The molecule has 0 aliphatic carbocycles. The summed E-state index contributed by atoms with van der Waals surface area (Å²) < 4.78 is 30.2. The first-order valence-corrected chi connectivity index (χ1v) is 10.3. The van der Waals surface area contributed by atoms with Gasteiger partial charge >= 0.3 is 0 Å². The van der Waals surface area contributed by atoms with Crippen LogP contribution in [0.3, 0.4) is 0 Å². The molecule has 7 heteroatoms. The predicted octanol–water partition coefficient (Wildman–Crippen LogP) is 5.91. The van der Waals surface area contributed by atoms with Crippen LogP contribution in [0.25, 0.3) is 44.5 Å². The van der Waals surface area contributed by atoms with E-state index >= 15 is 0 Å². The van der Waals surface area contributed by atoms with Crippen molar-refractivity contribution < 1.29 is 8.78 Å². The van der Waals surface area contributed by atoms with Gasteiger partial charge in [0.05, 0.1) is 11.9 Å². The van der Waals surface area contributed by atoms with Crippen molar-refractivity contribution in [2.24, 2.45) is 0 Å². The van der Waals surface area contributed by atoms with Gasteiger partial charge in [0.15, 0.2) is 5.65 Å². The maximum atomic E-state index is 14.5. The van der Waals surface area contributed by atoms with Crippen LogP contribution in [0.15, 0.2) is 73.4 Å². The second-order valence-corrected chi connectivity index (χ2v) is 7.51. The summed E-state index contributed by atoms with van der Waals surface area (Å²) in [5.41, 5.74) is 4.33. The molecule has 0 atom stereocenters. The molecule has 0 spiro atoms. The highest BCUT2D eigenvalue weighted by Gasteiger charge is 2.15. The Hall–Kier alpha value is -4.00. The van der Waals surface area contributed by atoms with Crippen molar-refractivity contribution in [3.8, 4) is 33.5 Å². The van der Waals surface area contributed by atoms with Gasteiger partial charge in [0.25, 0.3) is 0 Å². The lowest BCUT2D eigenvalue weighted by molar-refractivity contribution is 0.602. The van der Waals surface area contributed by atoms with E-state index in [4.69, 9.17) is 0 Å². The number of benzene rings is 1. The van der Waals surface area contributed by atoms with Crippen LogP contribution >= 0.6 is 0 Å². The average Bonchev–Trinajstić information content (AvgIpc) is 3.29. The van der Waals surface area contributed by atoms with E-state index in [2.05, 4.69) is 27.0 Å². The van der Waals surface area contributed by atoms with Crippen molar-refractivity contribution >= 4 is 11.0 Å². The van der Waals surface area contributed by atoms with E-state index in [1.54, 1.807) is 24.7 Å². The lowest BCUT2D eigenvalue weighted by Crippen LogP contribution is -1.95. The minimum absolute atomic E-state index is 0.0868. The van der Waals surface area contributed by atoms with E-state index in [1.807, 2.05) is 35.3 Å². The molecule has 0 unspecified atom stereocenters. The van der Waals surface area contributed by atoms with Crippen LogP contribution in [0.2, 0.25) is 0 Å². The third-order valence-electron chi connectivity index (χ3n) is 5.26. The SMILES string of the molecule is CCCn1cc(-c2cncc(-c3cc(-c4cc(F)ccc4F)nc4ncccc34)c2)cn1. The molecule has 0 saturated carbocycles. The lowest BCUT2D eigenvalue weighted by atomic mass is 9.99. The topological polar surface area (TPSA) is 56.5 Å². The van der Waals surface area contributed by atoms with Gasteiger partial charge in [0.1, 0.15) is 11.6 Å². The molecular formula is C25H19F2N5. The number of fused-ring (bicyclic) bond motifs is 1. The van der Waals surface area contributed by atoms with Crippen LogP contribution in [0.4, 0.5) is 8.78 Å². The molecule has 5 nitrogen and oxygen atoms in total. The Balaban J connectivity index is 1.67. The summed E-state index contributed by atoms with van der Waals surface area (Å²) in [6, 6.07) is 10.8. The second-order valence-electron chi connectivity index (χ2n) is 7.51. The Bertz CT molecular complexity index is 1430. The van der Waals surface area contributed by atoms with Gasteiger partial charge in [-0.3, -0.25) is 9.67 Å². The molecule has 4 heterocycles. The highest BCUT2D eigenvalue weighted by atomic mass is 19.1. The molecule has 0 aliphatic rings. The average molecular weight is 427 g/mol. The smallest absolute Gasteiger partial charge is 0.160 e. The molecule has 1 aromatic carbocycles. The van der Waals surface area contributed by atoms with E-state index in [-0.39, 0.29) is 5.56 Å². The van der Waals surface area contributed by atoms with Gasteiger partial charge in [-0.05, 0) is 54.4 Å². The normalized spacial score (nSPS) is 11.2. The van der Waals surface area contributed by atoms with Crippen LogP contribution in [-0.2, 0) is 6.54 Å². The number of rotatable bonds is 5. The molecule has 0 amide bonds. The Kier molecular flexibility index (Phi) is 5.15. The van der Waals surface area contributed by atoms with E-state index in [0.29, 0.717) is 11.3 Å². The van der Waals surface area contributed by atoms with Crippen molar-refractivity contribution in [2.45, 2.75) is 19.9 Å². The lowest BCUT2D eigenvalue weighted by Gasteiger charge is -2.11. The van der Waals surface area contributed by atoms with Crippen LogP contribution in [-0.4, -0.2) is 24.7 Å². The van der Waals surface area contributed by atoms with Crippen molar-refractivity contribution in [2.75, 3.05) is 0 Å². The largest absolute Gasteiger partial charge is 0.272 e. The van der Waals surface area contributed by atoms with Gasteiger partial charge in [-0.1, -0.05) is 6.92 Å².